The fraction of sp³-hybridized carbons (Fsp3) is 0.750. The number of aliphatic hydroxyl groups excluding tert-OH is 1. The fourth-order valence-electron chi connectivity index (χ4n) is 8.07. The smallest absolute Gasteiger partial charge is 0.193 e. The van der Waals surface area contributed by atoms with Crippen LogP contribution in [0.4, 0.5) is 8.78 Å². The van der Waals surface area contributed by atoms with Crippen LogP contribution in [-0.2, 0) is 23.8 Å². The molecular formula is C24H28F2O6. The molecule has 0 radical (unpaired) electrons. The summed E-state index contributed by atoms with van der Waals surface area (Å²) >= 11 is 0. The van der Waals surface area contributed by atoms with Crippen molar-refractivity contribution in [3.8, 4) is 0 Å². The maximum Gasteiger partial charge on any atom is 0.193 e. The molecule has 6 nitrogen and oxygen atoms in total. The molecule has 0 amide bonds. The molecule has 0 aromatic rings. The van der Waals surface area contributed by atoms with E-state index in [0.717, 1.165) is 6.42 Å². The number of fused-ring (bicyclic) bond motifs is 4. The molecule has 174 valence electrons. The standard InChI is InChI=1S/C24H28F2O6/c1-3-4-20-30-18-9-13-14-8-16(25)15-7-12(28)5-6-22(15)23(14,26)19(31-22)10-21(13,2)24(18,32-20)17(29)11-27/h5-7,13-14,16,18-20,27H,3-4,8-11H2,1-2H3/t13?,14-,16-,18+,19-,20?,21-,22+,23-,24+/m0/s1. The minimum atomic E-state index is -1.87. The van der Waals surface area contributed by atoms with Gasteiger partial charge in [0.25, 0.3) is 0 Å². The number of carbonyl (C=O) groups is 2. The van der Waals surface area contributed by atoms with Crippen LogP contribution in [0.3, 0.4) is 0 Å². The van der Waals surface area contributed by atoms with Gasteiger partial charge in [0.1, 0.15) is 18.4 Å². The van der Waals surface area contributed by atoms with Crippen molar-refractivity contribution in [2.24, 2.45) is 17.3 Å². The average Bonchev–Trinajstić information content (AvgIpc) is 3.23. The van der Waals surface area contributed by atoms with Crippen molar-refractivity contribution in [1.29, 1.82) is 0 Å². The molecule has 2 aliphatic heterocycles. The molecule has 32 heavy (non-hydrogen) atoms. The maximum absolute atomic E-state index is 17.0. The van der Waals surface area contributed by atoms with Gasteiger partial charge in [0.15, 0.2) is 29.1 Å². The Morgan fingerprint density at radius 3 is 2.75 bits per heavy atom. The Bertz CT molecular complexity index is 964. The lowest BCUT2D eigenvalue weighted by molar-refractivity contribution is -0.360. The summed E-state index contributed by atoms with van der Waals surface area (Å²) in [5.74, 6) is -1.95. The first-order valence-corrected chi connectivity index (χ1v) is 11.6. The molecule has 8 heteroatoms. The van der Waals surface area contributed by atoms with Crippen molar-refractivity contribution in [2.45, 2.75) is 87.5 Å². The third kappa shape index (κ3) is 2.06. The van der Waals surface area contributed by atoms with Gasteiger partial charge in [-0.2, -0.15) is 0 Å². The first-order chi connectivity index (χ1) is 15.2. The zero-order valence-corrected chi connectivity index (χ0v) is 18.2. The van der Waals surface area contributed by atoms with Crippen molar-refractivity contribution in [3.63, 3.8) is 0 Å². The quantitative estimate of drug-likeness (QED) is 0.709. The highest BCUT2D eigenvalue weighted by atomic mass is 19.1. The number of hydrogen-bond acceptors (Lipinski definition) is 6. The minimum Gasteiger partial charge on any atom is -0.388 e. The third-order valence-corrected chi connectivity index (χ3v) is 9.31. The lowest BCUT2D eigenvalue weighted by Crippen LogP contribution is -2.82. The summed E-state index contributed by atoms with van der Waals surface area (Å²) in [7, 11) is 0. The third-order valence-electron chi connectivity index (χ3n) is 9.31. The van der Waals surface area contributed by atoms with Crippen molar-refractivity contribution in [3.05, 3.63) is 23.8 Å². The van der Waals surface area contributed by atoms with E-state index in [1.807, 2.05) is 13.8 Å². The van der Waals surface area contributed by atoms with Gasteiger partial charge in [0.2, 0.25) is 0 Å². The molecule has 10 atom stereocenters. The van der Waals surface area contributed by atoms with Crippen LogP contribution in [0.15, 0.2) is 23.8 Å². The van der Waals surface area contributed by atoms with Crippen molar-refractivity contribution >= 4 is 11.6 Å². The molecule has 1 N–H and O–H groups in total. The van der Waals surface area contributed by atoms with Crippen LogP contribution in [0.1, 0.15) is 46.0 Å². The number of carbonyl (C=O) groups excluding carboxylic acids is 2. The highest BCUT2D eigenvalue weighted by Crippen LogP contribution is 2.75. The summed E-state index contributed by atoms with van der Waals surface area (Å²) in [6.07, 6.45) is 2.14. The number of ether oxygens (including phenoxy) is 3. The predicted molar refractivity (Wildman–Crippen MR) is 107 cm³/mol. The number of ketones is 2. The number of alkyl halides is 2. The summed E-state index contributed by atoms with van der Waals surface area (Å²) < 4.78 is 50.9. The molecule has 0 aromatic carbocycles. The molecule has 6 rings (SSSR count). The molecule has 0 bridgehead atoms. The maximum atomic E-state index is 17.0. The zero-order valence-electron chi connectivity index (χ0n) is 18.2. The zero-order chi connectivity index (χ0) is 22.7. The van der Waals surface area contributed by atoms with Gasteiger partial charge in [0, 0.05) is 16.9 Å². The average molecular weight is 450 g/mol. The van der Waals surface area contributed by atoms with E-state index in [2.05, 4.69) is 0 Å². The van der Waals surface area contributed by atoms with E-state index < -0.39 is 71.2 Å². The molecule has 6 aliphatic rings. The lowest BCUT2D eigenvalue weighted by atomic mass is 9.44. The Hall–Kier alpha value is -1.48. The molecule has 2 saturated heterocycles. The van der Waals surface area contributed by atoms with Crippen LogP contribution in [-0.4, -0.2) is 64.8 Å². The molecule has 4 aliphatic carbocycles. The predicted octanol–water partition coefficient (Wildman–Crippen LogP) is 2.53. The number of rotatable bonds is 4. The van der Waals surface area contributed by atoms with Crippen LogP contribution in [0, 0.1) is 17.3 Å². The first-order valence-electron chi connectivity index (χ1n) is 11.6. The number of aliphatic hydroxyl groups is 1. The van der Waals surface area contributed by atoms with Gasteiger partial charge >= 0.3 is 0 Å². The first kappa shape index (κ1) is 21.1. The molecular weight excluding hydrogens is 422 g/mol. The Labute approximate surface area is 185 Å². The second kappa shape index (κ2) is 6.34. The number of halogens is 2. The van der Waals surface area contributed by atoms with Crippen LogP contribution in [0.25, 0.3) is 0 Å². The summed E-state index contributed by atoms with van der Waals surface area (Å²) in [6, 6.07) is 0. The summed E-state index contributed by atoms with van der Waals surface area (Å²) in [5.41, 5.74) is -5.64. The molecule has 0 aromatic heterocycles. The number of Topliss-reactive ketones (excluding diaryl/α,β-unsaturated/α-hetero) is 1. The lowest BCUT2D eigenvalue weighted by Gasteiger charge is -2.71. The largest absolute Gasteiger partial charge is 0.388 e. The molecule has 1 spiro atoms. The van der Waals surface area contributed by atoms with Crippen molar-refractivity contribution in [2.75, 3.05) is 6.61 Å². The summed E-state index contributed by atoms with van der Waals surface area (Å²) in [6.45, 7) is 3.17. The Morgan fingerprint density at radius 1 is 1.25 bits per heavy atom. The van der Waals surface area contributed by atoms with Crippen LogP contribution in [0.2, 0.25) is 0 Å². The fourth-order valence-corrected chi connectivity index (χ4v) is 8.07. The van der Waals surface area contributed by atoms with E-state index in [-0.39, 0.29) is 24.2 Å². The topological polar surface area (TPSA) is 82.1 Å². The van der Waals surface area contributed by atoms with Gasteiger partial charge in [-0.05, 0) is 49.8 Å². The van der Waals surface area contributed by atoms with E-state index in [0.29, 0.717) is 12.8 Å². The second-order valence-corrected chi connectivity index (χ2v) is 10.5. The normalized spacial score (nSPS) is 54.8. The van der Waals surface area contributed by atoms with E-state index >= 15 is 8.78 Å². The van der Waals surface area contributed by atoms with Gasteiger partial charge in [0.05, 0.1) is 12.2 Å². The van der Waals surface area contributed by atoms with Crippen LogP contribution >= 0.6 is 0 Å². The number of allylic oxidation sites excluding steroid dienone is 2. The summed E-state index contributed by atoms with van der Waals surface area (Å²) in [5, 5.41) is 9.84. The van der Waals surface area contributed by atoms with Gasteiger partial charge in [-0.25, -0.2) is 8.78 Å². The second-order valence-electron chi connectivity index (χ2n) is 10.5. The minimum absolute atomic E-state index is 0.0680. The Morgan fingerprint density at radius 2 is 2.03 bits per heavy atom. The van der Waals surface area contributed by atoms with Crippen molar-refractivity contribution < 1.29 is 37.7 Å². The molecule has 2 heterocycles. The van der Waals surface area contributed by atoms with Gasteiger partial charge in [-0.1, -0.05) is 20.3 Å². The Balaban J connectivity index is 1.45. The van der Waals surface area contributed by atoms with E-state index in [1.165, 1.54) is 18.2 Å². The highest BCUT2D eigenvalue weighted by Gasteiger charge is 2.85. The summed E-state index contributed by atoms with van der Waals surface area (Å²) in [4.78, 5) is 25.1. The van der Waals surface area contributed by atoms with Crippen LogP contribution in [0.5, 0.6) is 0 Å². The van der Waals surface area contributed by atoms with Crippen molar-refractivity contribution in [1.82, 2.24) is 0 Å². The highest BCUT2D eigenvalue weighted by molar-refractivity contribution is 6.02. The van der Waals surface area contributed by atoms with E-state index in [1.54, 1.807) is 0 Å². The van der Waals surface area contributed by atoms with E-state index in [9.17, 15) is 14.7 Å². The SMILES string of the molecule is CCCC1O[C@@H]2CC3[C@@H]4C[C@H](F)C5=CC(=O)C=C[C@@]56O[C@@H](C[C@]3(C)[C@]2(C(=O)CO)O1)[C@@]46F. The Kier molecular flexibility index (Phi) is 4.18. The van der Waals surface area contributed by atoms with Crippen LogP contribution < -0.4 is 0 Å². The molecule has 3 saturated carbocycles. The monoisotopic (exact) mass is 450 g/mol. The van der Waals surface area contributed by atoms with Gasteiger partial charge in [-0.15, -0.1) is 0 Å². The van der Waals surface area contributed by atoms with Gasteiger partial charge in [-0.3, -0.25) is 9.59 Å². The van der Waals surface area contributed by atoms with Gasteiger partial charge < -0.3 is 19.3 Å². The van der Waals surface area contributed by atoms with E-state index in [4.69, 9.17) is 14.2 Å². The number of hydrogen-bond donors (Lipinski definition) is 1. The molecule has 2 unspecified atom stereocenters. The molecule has 5 fully saturated rings.